The lowest BCUT2D eigenvalue weighted by atomic mass is 9.72. The quantitative estimate of drug-likeness (QED) is 0.275. The molecule has 0 aliphatic heterocycles. The minimum Gasteiger partial charge on any atom is -0.497 e. The Morgan fingerprint density at radius 2 is 1.80 bits per heavy atom. The van der Waals surface area contributed by atoms with Gasteiger partial charge in [0.05, 0.1) is 7.11 Å². The summed E-state index contributed by atoms with van der Waals surface area (Å²) >= 11 is 0. The average molecular weight is 405 g/mol. The maximum Gasteiger partial charge on any atom is 0.119 e. The third-order valence-corrected chi connectivity index (χ3v) is 5.82. The lowest BCUT2D eigenvalue weighted by molar-refractivity contribution is 0.413. The summed E-state index contributed by atoms with van der Waals surface area (Å²) in [5.41, 5.74) is 11.2. The molecule has 0 heterocycles. The number of rotatable bonds is 10. The molecular weight excluding hydrogens is 368 g/mol. The van der Waals surface area contributed by atoms with Crippen LogP contribution in [0.1, 0.15) is 45.2 Å². The highest BCUT2D eigenvalue weighted by atomic mass is 16.5. The first-order valence-electron chi connectivity index (χ1n) is 10.7. The zero-order valence-electron chi connectivity index (χ0n) is 19.1. The predicted octanol–water partition coefficient (Wildman–Crippen LogP) is 6.62. The van der Waals surface area contributed by atoms with Gasteiger partial charge in [-0.25, -0.2) is 0 Å². The second-order valence-electron chi connectivity index (χ2n) is 7.68. The van der Waals surface area contributed by atoms with E-state index in [2.05, 4.69) is 80.8 Å². The van der Waals surface area contributed by atoms with Gasteiger partial charge in [-0.15, -0.1) is 0 Å². The number of ether oxygens (including phenoxy) is 1. The highest BCUT2D eigenvalue weighted by Crippen LogP contribution is 2.40. The fraction of sp³-hybridized carbons (Fsp3) is 0.333. The third kappa shape index (κ3) is 5.35. The maximum atomic E-state index is 6.37. The molecule has 0 saturated heterocycles. The van der Waals surface area contributed by atoms with Gasteiger partial charge in [-0.3, -0.25) is 0 Å². The van der Waals surface area contributed by atoms with Gasteiger partial charge < -0.3 is 15.4 Å². The lowest BCUT2D eigenvalue weighted by Crippen LogP contribution is -2.24. The van der Waals surface area contributed by atoms with Gasteiger partial charge in [0.15, 0.2) is 0 Å². The molecule has 30 heavy (non-hydrogen) atoms. The molecule has 0 bridgehead atoms. The van der Waals surface area contributed by atoms with Gasteiger partial charge in [0.25, 0.3) is 0 Å². The van der Waals surface area contributed by atoms with E-state index in [-0.39, 0.29) is 5.41 Å². The average Bonchev–Trinajstić information content (AvgIpc) is 2.77. The zero-order valence-corrected chi connectivity index (χ0v) is 19.1. The van der Waals surface area contributed by atoms with E-state index in [4.69, 9.17) is 10.5 Å². The molecule has 3 heteroatoms. The molecule has 0 spiro atoms. The fourth-order valence-corrected chi connectivity index (χ4v) is 3.67. The highest BCUT2D eigenvalue weighted by molar-refractivity contribution is 5.62. The SMILES string of the molecule is C=C(/C=C/c1ccc(N(CC)CC)cc1)C(C)(C/C=C/C)c1cc(OC)ccc1N. The van der Waals surface area contributed by atoms with E-state index in [1.54, 1.807) is 7.11 Å². The molecule has 1 unspecified atom stereocenters. The van der Waals surface area contributed by atoms with Crippen molar-refractivity contribution in [3.8, 4) is 5.75 Å². The van der Waals surface area contributed by atoms with Crippen LogP contribution in [0.2, 0.25) is 0 Å². The van der Waals surface area contributed by atoms with Gasteiger partial charge in [0.1, 0.15) is 5.75 Å². The first-order chi connectivity index (χ1) is 14.4. The van der Waals surface area contributed by atoms with Gasteiger partial charge in [-0.1, -0.05) is 49.9 Å². The van der Waals surface area contributed by atoms with Crippen molar-refractivity contribution in [2.75, 3.05) is 30.8 Å². The molecular formula is C27H36N2O. The first-order valence-corrected chi connectivity index (χ1v) is 10.7. The van der Waals surface area contributed by atoms with E-state index < -0.39 is 0 Å². The van der Waals surface area contributed by atoms with E-state index in [1.165, 1.54) is 5.69 Å². The Bertz CT molecular complexity index is 892. The van der Waals surface area contributed by atoms with Crippen LogP contribution in [0.25, 0.3) is 6.08 Å². The summed E-state index contributed by atoms with van der Waals surface area (Å²) in [5.74, 6) is 0.801. The number of nitrogen functional groups attached to an aromatic ring is 1. The van der Waals surface area contributed by atoms with Crippen LogP contribution in [0, 0.1) is 0 Å². The summed E-state index contributed by atoms with van der Waals surface area (Å²) in [7, 11) is 1.68. The van der Waals surface area contributed by atoms with Crippen LogP contribution in [-0.2, 0) is 5.41 Å². The molecule has 0 aliphatic carbocycles. The van der Waals surface area contributed by atoms with E-state index in [0.29, 0.717) is 0 Å². The lowest BCUT2D eigenvalue weighted by Gasteiger charge is -2.32. The number of allylic oxidation sites excluding steroid dienone is 4. The summed E-state index contributed by atoms with van der Waals surface area (Å²) in [6.45, 7) is 15.0. The van der Waals surface area contributed by atoms with Crippen molar-refractivity contribution in [2.45, 2.75) is 39.5 Å². The molecule has 2 N–H and O–H groups in total. The Kier molecular flexibility index (Phi) is 8.35. The van der Waals surface area contributed by atoms with Crippen LogP contribution >= 0.6 is 0 Å². The van der Waals surface area contributed by atoms with Crippen LogP contribution < -0.4 is 15.4 Å². The summed E-state index contributed by atoms with van der Waals surface area (Å²) < 4.78 is 5.44. The van der Waals surface area contributed by atoms with E-state index in [0.717, 1.165) is 47.6 Å². The molecule has 0 fully saturated rings. The largest absolute Gasteiger partial charge is 0.497 e. The first kappa shape index (κ1) is 23.3. The van der Waals surface area contributed by atoms with Crippen LogP contribution in [-0.4, -0.2) is 20.2 Å². The van der Waals surface area contributed by atoms with Crippen molar-refractivity contribution in [2.24, 2.45) is 0 Å². The van der Waals surface area contributed by atoms with Crippen molar-refractivity contribution in [1.29, 1.82) is 0 Å². The van der Waals surface area contributed by atoms with Gasteiger partial charge in [-0.2, -0.15) is 0 Å². The second-order valence-corrected chi connectivity index (χ2v) is 7.68. The number of hydrogen-bond donors (Lipinski definition) is 1. The summed E-state index contributed by atoms with van der Waals surface area (Å²) in [6.07, 6.45) is 9.27. The number of anilines is 2. The smallest absolute Gasteiger partial charge is 0.119 e. The molecule has 3 nitrogen and oxygen atoms in total. The van der Waals surface area contributed by atoms with E-state index >= 15 is 0 Å². The fourth-order valence-electron chi connectivity index (χ4n) is 3.67. The van der Waals surface area contributed by atoms with Crippen molar-refractivity contribution in [1.82, 2.24) is 0 Å². The Labute approximate surface area is 182 Å². The number of nitrogens with two attached hydrogens (primary N) is 1. The predicted molar refractivity (Wildman–Crippen MR) is 132 cm³/mol. The molecule has 0 aromatic heterocycles. The van der Waals surface area contributed by atoms with Crippen molar-refractivity contribution >= 4 is 17.5 Å². The van der Waals surface area contributed by atoms with Crippen molar-refractivity contribution < 1.29 is 4.74 Å². The Hall–Kier alpha value is -2.94. The maximum absolute atomic E-state index is 6.37. The number of nitrogens with zero attached hydrogens (tertiary/aromatic N) is 1. The monoisotopic (exact) mass is 404 g/mol. The number of methoxy groups -OCH3 is 1. The topological polar surface area (TPSA) is 38.5 Å². The molecule has 0 amide bonds. The van der Waals surface area contributed by atoms with Crippen molar-refractivity contribution in [3.05, 3.63) is 84.0 Å². The van der Waals surface area contributed by atoms with Gasteiger partial charge in [-0.05, 0) is 74.2 Å². The van der Waals surface area contributed by atoms with Crippen molar-refractivity contribution in [3.63, 3.8) is 0 Å². The molecule has 2 aromatic carbocycles. The Morgan fingerprint density at radius 3 is 2.37 bits per heavy atom. The molecule has 0 saturated carbocycles. The summed E-state index contributed by atoms with van der Waals surface area (Å²) in [6, 6.07) is 14.5. The standard InChI is InChI=1S/C27H36N2O/c1-7-10-19-27(5,25-20-24(30-6)17-18-26(25)28)21(4)11-12-22-13-15-23(16-14-22)29(8-2)9-3/h7,10-18,20H,4,8-9,19,28H2,1-3,5-6H3/b10-7+,12-11+. The zero-order chi connectivity index (χ0) is 22.1. The molecule has 160 valence electrons. The molecule has 2 rings (SSSR count). The molecule has 0 radical (unpaired) electrons. The minimum atomic E-state index is -0.331. The summed E-state index contributed by atoms with van der Waals surface area (Å²) in [4.78, 5) is 2.34. The Morgan fingerprint density at radius 1 is 1.13 bits per heavy atom. The number of benzene rings is 2. The van der Waals surface area contributed by atoms with Crippen LogP contribution in [0.4, 0.5) is 11.4 Å². The van der Waals surface area contributed by atoms with Gasteiger partial charge in [0.2, 0.25) is 0 Å². The molecule has 2 aromatic rings. The summed E-state index contributed by atoms with van der Waals surface area (Å²) in [5, 5.41) is 0. The van der Waals surface area contributed by atoms with Gasteiger partial charge >= 0.3 is 0 Å². The van der Waals surface area contributed by atoms with Crippen LogP contribution in [0.3, 0.4) is 0 Å². The second kappa shape index (κ2) is 10.7. The van der Waals surface area contributed by atoms with Gasteiger partial charge in [0, 0.05) is 29.9 Å². The van der Waals surface area contributed by atoms with Crippen LogP contribution in [0.5, 0.6) is 5.75 Å². The minimum absolute atomic E-state index is 0.331. The highest BCUT2D eigenvalue weighted by Gasteiger charge is 2.30. The van der Waals surface area contributed by atoms with E-state index in [1.807, 2.05) is 25.1 Å². The van der Waals surface area contributed by atoms with E-state index in [9.17, 15) is 0 Å². The third-order valence-electron chi connectivity index (χ3n) is 5.82. The van der Waals surface area contributed by atoms with Crippen LogP contribution in [0.15, 0.2) is 72.8 Å². The number of hydrogen-bond acceptors (Lipinski definition) is 3. The molecule has 0 aliphatic rings. The molecule has 1 atom stereocenters. The normalized spacial score (nSPS) is 13.5. The Balaban J connectivity index is 2.33.